The second-order valence-electron chi connectivity index (χ2n) is 5.67. The van der Waals surface area contributed by atoms with Gasteiger partial charge in [0.25, 0.3) is 0 Å². The van der Waals surface area contributed by atoms with Gasteiger partial charge in [-0.15, -0.1) is 0 Å². The molecule has 22 heavy (non-hydrogen) atoms. The number of rotatable bonds is 5. The van der Waals surface area contributed by atoms with E-state index in [0.29, 0.717) is 13.0 Å². The van der Waals surface area contributed by atoms with Gasteiger partial charge in [-0.3, -0.25) is 9.48 Å². The molecule has 0 spiro atoms. The van der Waals surface area contributed by atoms with Gasteiger partial charge in [0.15, 0.2) is 9.84 Å². The SMILES string of the molecule is O=C(NCCCn1ncc2ccccc21)C1CCS(=O)(=O)C1. The van der Waals surface area contributed by atoms with Crippen LogP contribution in [0.2, 0.25) is 0 Å². The van der Waals surface area contributed by atoms with Crippen molar-refractivity contribution in [1.29, 1.82) is 0 Å². The van der Waals surface area contributed by atoms with Crippen molar-refractivity contribution >= 4 is 26.6 Å². The molecule has 1 aromatic carbocycles. The molecule has 3 rings (SSSR count). The molecule has 2 heterocycles. The summed E-state index contributed by atoms with van der Waals surface area (Å²) in [4.78, 5) is 11.9. The molecule has 1 N–H and O–H groups in total. The zero-order valence-corrected chi connectivity index (χ0v) is 13.1. The molecule has 118 valence electrons. The zero-order valence-electron chi connectivity index (χ0n) is 12.2. The summed E-state index contributed by atoms with van der Waals surface area (Å²) >= 11 is 0. The van der Waals surface area contributed by atoms with Gasteiger partial charge in [0.2, 0.25) is 5.91 Å². The van der Waals surface area contributed by atoms with E-state index in [1.807, 2.05) is 35.1 Å². The Morgan fingerprint density at radius 2 is 2.18 bits per heavy atom. The van der Waals surface area contributed by atoms with Crippen LogP contribution in [0.15, 0.2) is 30.5 Å². The number of nitrogens with zero attached hydrogens (tertiary/aromatic N) is 2. The third-order valence-electron chi connectivity index (χ3n) is 4.00. The van der Waals surface area contributed by atoms with E-state index in [1.54, 1.807) is 0 Å². The average molecular weight is 321 g/mol. The number of fused-ring (bicyclic) bond motifs is 1. The number of carbonyl (C=O) groups excluding carboxylic acids is 1. The summed E-state index contributed by atoms with van der Waals surface area (Å²) in [6, 6.07) is 7.98. The van der Waals surface area contributed by atoms with E-state index in [1.165, 1.54) is 0 Å². The number of hydrogen-bond donors (Lipinski definition) is 1. The molecule has 1 fully saturated rings. The molecule has 0 saturated carbocycles. The largest absolute Gasteiger partial charge is 0.356 e. The normalized spacial score (nSPS) is 20.3. The second-order valence-corrected chi connectivity index (χ2v) is 7.90. The van der Waals surface area contributed by atoms with Crippen LogP contribution in [0.4, 0.5) is 0 Å². The fraction of sp³-hybridized carbons (Fsp3) is 0.467. The Hall–Kier alpha value is -1.89. The molecular formula is C15H19N3O3S. The van der Waals surface area contributed by atoms with Gasteiger partial charge >= 0.3 is 0 Å². The van der Waals surface area contributed by atoms with Crippen LogP contribution in [0.5, 0.6) is 0 Å². The van der Waals surface area contributed by atoms with Crippen molar-refractivity contribution in [2.45, 2.75) is 19.4 Å². The van der Waals surface area contributed by atoms with E-state index in [4.69, 9.17) is 0 Å². The lowest BCUT2D eigenvalue weighted by Gasteiger charge is -2.09. The molecule has 2 aromatic rings. The summed E-state index contributed by atoms with van der Waals surface area (Å²) in [7, 11) is -3.01. The second kappa shape index (κ2) is 6.08. The first-order chi connectivity index (χ1) is 10.6. The summed E-state index contributed by atoms with van der Waals surface area (Å²) in [5, 5.41) is 8.26. The van der Waals surface area contributed by atoms with Crippen molar-refractivity contribution in [1.82, 2.24) is 15.1 Å². The minimum absolute atomic E-state index is 0.0113. The van der Waals surface area contributed by atoms with E-state index in [9.17, 15) is 13.2 Å². The number of carbonyl (C=O) groups is 1. The summed E-state index contributed by atoms with van der Waals surface area (Å²) in [5.74, 6) is -0.408. The molecule has 0 bridgehead atoms. The zero-order chi connectivity index (χ0) is 15.6. The molecule has 7 heteroatoms. The van der Waals surface area contributed by atoms with Crippen LogP contribution in [0, 0.1) is 5.92 Å². The maximum atomic E-state index is 11.9. The van der Waals surface area contributed by atoms with Crippen LogP contribution in [-0.2, 0) is 21.2 Å². The molecule has 1 aliphatic rings. The van der Waals surface area contributed by atoms with Crippen molar-refractivity contribution < 1.29 is 13.2 Å². The molecule has 1 aliphatic heterocycles. The number of hydrogen-bond acceptors (Lipinski definition) is 4. The van der Waals surface area contributed by atoms with E-state index in [-0.39, 0.29) is 23.3 Å². The summed E-state index contributed by atoms with van der Waals surface area (Å²) < 4.78 is 24.6. The predicted octanol–water partition coefficient (Wildman–Crippen LogP) is 0.977. The highest BCUT2D eigenvalue weighted by atomic mass is 32.2. The number of aryl methyl sites for hydroxylation is 1. The Balaban J connectivity index is 1.47. The van der Waals surface area contributed by atoms with Crippen LogP contribution < -0.4 is 5.32 Å². The van der Waals surface area contributed by atoms with Gasteiger partial charge in [-0.25, -0.2) is 8.42 Å². The van der Waals surface area contributed by atoms with Gasteiger partial charge in [0.05, 0.1) is 29.1 Å². The molecule has 1 saturated heterocycles. The summed E-state index contributed by atoms with van der Waals surface area (Å²) in [6.45, 7) is 1.25. The smallest absolute Gasteiger partial charge is 0.224 e. The van der Waals surface area contributed by atoms with Crippen molar-refractivity contribution in [2.75, 3.05) is 18.1 Å². The van der Waals surface area contributed by atoms with E-state index in [0.717, 1.165) is 23.9 Å². The quantitative estimate of drug-likeness (QED) is 0.832. The molecular weight excluding hydrogens is 302 g/mol. The Bertz CT molecular complexity index is 782. The topological polar surface area (TPSA) is 81.1 Å². The number of benzene rings is 1. The molecule has 0 radical (unpaired) electrons. The van der Waals surface area contributed by atoms with Crippen LogP contribution >= 0.6 is 0 Å². The Labute approximate surface area is 129 Å². The standard InChI is InChI=1S/C15H19N3O3S/c19-15(13-6-9-22(20,21)11-13)16-7-3-8-18-14-5-2-1-4-12(14)10-17-18/h1-2,4-5,10,13H,3,6-9,11H2,(H,16,19). The van der Waals surface area contributed by atoms with Crippen molar-refractivity contribution in [2.24, 2.45) is 5.92 Å². The highest BCUT2D eigenvalue weighted by Crippen LogP contribution is 2.18. The molecule has 1 aromatic heterocycles. The monoisotopic (exact) mass is 321 g/mol. The Morgan fingerprint density at radius 1 is 1.36 bits per heavy atom. The lowest BCUT2D eigenvalue weighted by Crippen LogP contribution is -2.32. The van der Waals surface area contributed by atoms with Gasteiger partial charge in [-0.1, -0.05) is 18.2 Å². The van der Waals surface area contributed by atoms with Crippen LogP contribution in [0.1, 0.15) is 12.8 Å². The third-order valence-corrected chi connectivity index (χ3v) is 5.77. The maximum Gasteiger partial charge on any atom is 0.224 e. The fourth-order valence-electron chi connectivity index (χ4n) is 2.79. The molecule has 1 amide bonds. The Kier molecular flexibility index (Phi) is 4.15. The van der Waals surface area contributed by atoms with Crippen LogP contribution in [0.3, 0.4) is 0 Å². The molecule has 6 nitrogen and oxygen atoms in total. The van der Waals surface area contributed by atoms with Crippen molar-refractivity contribution in [3.05, 3.63) is 30.5 Å². The average Bonchev–Trinajstić information content (AvgIpc) is 3.07. The van der Waals surface area contributed by atoms with Gasteiger partial charge in [0.1, 0.15) is 0 Å². The van der Waals surface area contributed by atoms with Gasteiger partial charge in [-0.05, 0) is 18.9 Å². The minimum Gasteiger partial charge on any atom is -0.356 e. The number of para-hydroxylation sites is 1. The van der Waals surface area contributed by atoms with Crippen molar-refractivity contribution in [3.8, 4) is 0 Å². The number of sulfone groups is 1. The summed E-state index contributed by atoms with van der Waals surface area (Å²) in [5.41, 5.74) is 1.08. The van der Waals surface area contributed by atoms with Gasteiger partial charge < -0.3 is 5.32 Å². The van der Waals surface area contributed by atoms with E-state index < -0.39 is 9.84 Å². The highest BCUT2D eigenvalue weighted by Gasteiger charge is 2.32. The fourth-order valence-corrected chi connectivity index (χ4v) is 4.53. The third kappa shape index (κ3) is 3.30. The van der Waals surface area contributed by atoms with E-state index >= 15 is 0 Å². The first-order valence-corrected chi connectivity index (χ1v) is 9.26. The van der Waals surface area contributed by atoms with Crippen LogP contribution in [-0.4, -0.2) is 42.2 Å². The minimum atomic E-state index is -3.01. The maximum absolute atomic E-state index is 11.9. The van der Waals surface area contributed by atoms with Crippen LogP contribution in [0.25, 0.3) is 10.9 Å². The summed E-state index contributed by atoms with van der Waals surface area (Å²) in [6.07, 6.45) is 3.03. The number of nitrogens with one attached hydrogen (secondary N) is 1. The lowest BCUT2D eigenvalue weighted by molar-refractivity contribution is -0.124. The lowest BCUT2D eigenvalue weighted by atomic mass is 10.1. The Morgan fingerprint density at radius 3 is 2.95 bits per heavy atom. The highest BCUT2D eigenvalue weighted by molar-refractivity contribution is 7.91. The molecule has 1 atom stereocenters. The first-order valence-electron chi connectivity index (χ1n) is 7.44. The predicted molar refractivity (Wildman–Crippen MR) is 84.1 cm³/mol. The van der Waals surface area contributed by atoms with Gasteiger partial charge in [0, 0.05) is 18.5 Å². The first kappa shape index (κ1) is 15.0. The number of amides is 1. The number of aromatic nitrogens is 2. The van der Waals surface area contributed by atoms with Gasteiger partial charge in [-0.2, -0.15) is 5.10 Å². The molecule has 0 aliphatic carbocycles. The van der Waals surface area contributed by atoms with Crippen molar-refractivity contribution in [3.63, 3.8) is 0 Å². The van der Waals surface area contributed by atoms with E-state index in [2.05, 4.69) is 10.4 Å². The molecule has 1 unspecified atom stereocenters.